The Morgan fingerprint density at radius 3 is 2.68 bits per heavy atom. The number of Topliss-reactive ketones (excluding diaryl/α,β-unsaturated/α-hetero) is 1. The predicted octanol–water partition coefficient (Wildman–Crippen LogP) is 2.23. The molecule has 144 valence electrons. The van der Waals surface area contributed by atoms with Crippen molar-refractivity contribution in [2.45, 2.75) is 31.7 Å². The third-order valence-corrected chi connectivity index (χ3v) is 6.26. The fourth-order valence-corrected chi connectivity index (χ4v) is 4.98. The molecule has 7 nitrogen and oxygen atoms in total. The highest BCUT2D eigenvalue weighted by atomic mass is 32.1. The first-order chi connectivity index (χ1) is 13.5. The Balaban J connectivity index is 1.92. The van der Waals surface area contributed by atoms with Crippen molar-refractivity contribution in [1.29, 1.82) is 0 Å². The van der Waals surface area contributed by atoms with Crippen LogP contribution in [-0.2, 0) is 22.4 Å². The quantitative estimate of drug-likeness (QED) is 0.525. The van der Waals surface area contributed by atoms with Gasteiger partial charge in [-0.3, -0.25) is 19.4 Å². The van der Waals surface area contributed by atoms with Gasteiger partial charge in [-0.1, -0.05) is 30.3 Å². The molecular weight excluding hydrogens is 380 g/mol. The van der Waals surface area contributed by atoms with Gasteiger partial charge in [0.2, 0.25) is 0 Å². The van der Waals surface area contributed by atoms with Crippen molar-refractivity contribution >= 4 is 33.3 Å². The maximum absolute atomic E-state index is 13.3. The Morgan fingerprint density at radius 1 is 1.21 bits per heavy atom. The van der Waals surface area contributed by atoms with Crippen LogP contribution in [0, 0.1) is 0 Å². The summed E-state index contributed by atoms with van der Waals surface area (Å²) in [5.74, 6) is -1.15. The molecule has 3 aromatic rings. The number of rotatable bonds is 5. The maximum Gasteiger partial charge on any atom is 0.330 e. The molecule has 2 aromatic heterocycles. The van der Waals surface area contributed by atoms with Crippen molar-refractivity contribution in [3.8, 4) is 0 Å². The normalized spacial score (nSPS) is 14.0. The van der Waals surface area contributed by atoms with Crippen molar-refractivity contribution in [2.75, 3.05) is 7.11 Å². The molecule has 0 saturated carbocycles. The van der Waals surface area contributed by atoms with Gasteiger partial charge in [-0.05, 0) is 24.8 Å². The SMILES string of the molecule is COC(=O)CC(C(=O)c1ccccc1)n1c(=O)[nH]c2sc3c(c2c1=O)CCC3. The molecule has 4 rings (SSSR count). The van der Waals surface area contributed by atoms with Crippen molar-refractivity contribution in [3.63, 3.8) is 0 Å². The minimum Gasteiger partial charge on any atom is -0.469 e. The van der Waals surface area contributed by atoms with Gasteiger partial charge in [0.05, 0.1) is 18.9 Å². The standard InChI is InChI=1S/C20H18N2O5S/c1-27-15(23)10-13(17(24)11-6-3-2-4-7-11)22-19(25)16-12-8-5-9-14(12)28-18(16)21-20(22)26/h2-4,6-7,13H,5,8-10H2,1H3,(H,21,26). The number of aryl methyl sites for hydroxylation is 2. The van der Waals surface area contributed by atoms with Gasteiger partial charge in [-0.2, -0.15) is 0 Å². The van der Waals surface area contributed by atoms with Gasteiger partial charge < -0.3 is 4.74 Å². The second-order valence-electron chi connectivity index (χ2n) is 6.69. The summed E-state index contributed by atoms with van der Waals surface area (Å²) in [7, 11) is 1.20. The molecule has 0 spiro atoms. The average molecular weight is 398 g/mol. The molecule has 1 unspecified atom stereocenters. The molecule has 1 atom stereocenters. The van der Waals surface area contributed by atoms with E-state index in [0.717, 1.165) is 34.3 Å². The van der Waals surface area contributed by atoms with Crippen LogP contribution >= 0.6 is 11.3 Å². The molecule has 2 heterocycles. The smallest absolute Gasteiger partial charge is 0.330 e. The zero-order valence-corrected chi connectivity index (χ0v) is 16.0. The summed E-state index contributed by atoms with van der Waals surface area (Å²) >= 11 is 1.41. The average Bonchev–Trinajstić information content (AvgIpc) is 3.27. The monoisotopic (exact) mass is 398 g/mol. The molecule has 0 amide bonds. The number of thiophene rings is 1. The third-order valence-electron chi connectivity index (χ3n) is 5.05. The van der Waals surface area contributed by atoms with Gasteiger partial charge in [-0.25, -0.2) is 9.36 Å². The number of aromatic nitrogens is 2. The number of benzene rings is 1. The summed E-state index contributed by atoms with van der Waals surface area (Å²) in [6.07, 6.45) is 2.21. The van der Waals surface area contributed by atoms with Gasteiger partial charge in [0, 0.05) is 10.4 Å². The van der Waals surface area contributed by atoms with Crippen LogP contribution in [0.25, 0.3) is 10.2 Å². The number of hydrogen-bond acceptors (Lipinski definition) is 6. The summed E-state index contributed by atoms with van der Waals surface area (Å²) in [6.45, 7) is 0. The number of hydrogen-bond donors (Lipinski definition) is 1. The lowest BCUT2D eigenvalue weighted by Gasteiger charge is -2.17. The van der Waals surface area contributed by atoms with E-state index in [9.17, 15) is 19.2 Å². The molecular formula is C20H18N2O5S. The van der Waals surface area contributed by atoms with E-state index >= 15 is 0 Å². The number of aromatic amines is 1. The van der Waals surface area contributed by atoms with Crippen LogP contribution in [-0.4, -0.2) is 28.4 Å². The highest BCUT2D eigenvalue weighted by Gasteiger charge is 2.30. The highest BCUT2D eigenvalue weighted by molar-refractivity contribution is 7.18. The van der Waals surface area contributed by atoms with E-state index < -0.39 is 35.5 Å². The summed E-state index contributed by atoms with van der Waals surface area (Å²) in [5, 5.41) is 0.452. The van der Waals surface area contributed by atoms with Gasteiger partial charge >= 0.3 is 11.7 Å². The van der Waals surface area contributed by atoms with Gasteiger partial charge in [0.15, 0.2) is 5.78 Å². The Hall–Kier alpha value is -3.00. The minimum absolute atomic E-state index is 0.318. The fourth-order valence-electron chi connectivity index (χ4n) is 3.71. The van der Waals surface area contributed by atoms with Gasteiger partial charge in [0.25, 0.3) is 5.56 Å². The van der Waals surface area contributed by atoms with E-state index in [4.69, 9.17) is 4.74 Å². The van der Waals surface area contributed by atoms with Crippen LogP contribution in [0.1, 0.15) is 39.7 Å². The van der Waals surface area contributed by atoms with Crippen molar-refractivity contribution in [3.05, 3.63) is 67.2 Å². The maximum atomic E-state index is 13.3. The Labute approximate surface area is 163 Å². The number of carbonyl (C=O) groups excluding carboxylic acids is 2. The first-order valence-corrected chi connectivity index (χ1v) is 9.78. The summed E-state index contributed by atoms with van der Waals surface area (Å²) < 4.78 is 5.57. The topological polar surface area (TPSA) is 98.2 Å². The first kappa shape index (κ1) is 18.4. The van der Waals surface area contributed by atoms with Crippen LogP contribution in [0.15, 0.2) is 39.9 Å². The number of ether oxygens (including phenoxy) is 1. The van der Waals surface area contributed by atoms with Crippen LogP contribution < -0.4 is 11.2 Å². The lowest BCUT2D eigenvalue weighted by Crippen LogP contribution is -2.42. The number of fused-ring (bicyclic) bond motifs is 3. The van der Waals surface area contributed by atoms with Gasteiger partial charge in [-0.15, -0.1) is 11.3 Å². The zero-order valence-electron chi connectivity index (χ0n) is 15.2. The number of carbonyl (C=O) groups is 2. The summed E-state index contributed by atoms with van der Waals surface area (Å²) in [4.78, 5) is 55.4. The third kappa shape index (κ3) is 2.99. The molecule has 0 aliphatic heterocycles. The molecule has 8 heteroatoms. The summed E-state index contributed by atoms with van der Waals surface area (Å²) in [5.41, 5.74) is 0.0317. The summed E-state index contributed by atoms with van der Waals surface area (Å²) in [6, 6.07) is 7.03. The number of H-pyrrole nitrogens is 1. The lowest BCUT2D eigenvalue weighted by molar-refractivity contribution is -0.141. The van der Waals surface area contributed by atoms with E-state index in [1.165, 1.54) is 18.4 Å². The molecule has 1 aromatic carbocycles. The van der Waals surface area contributed by atoms with Gasteiger partial charge in [0.1, 0.15) is 10.9 Å². The van der Waals surface area contributed by atoms with E-state index in [2.05, 4.69) is 4.98 Å². The Morgan fingerprint density at radius 2 is 1.96 bits per heavy atom. The molecule has 0 saturated heterocycles. The van der Waals surface area contributed by atoms with Crippen LogP contribution in [0.2, 0.25) is 0 Å². The van der Waals surface area contributed by atoms with Crippen LogP contribution in [0.4, 0.5) is 0 Å². The number of nitrogens with one attached hydrogen (secondary N) is 1. The number of ketones is 1. The Kier molecular flexibility index (Phi) is 4.72. The lowest BCUT2D eigenvalue weighted by atomic mass is 10.0. The molecule has 0 bridgehead atoms. The fraction of sp³-hybridized carbons (Fsp3) is 0.300. The largest absolute Gasteiger partial charge is 0.469 e. The van der Waals surface area contributed by atoms with E-state index in [1.807, 2.05) is 0 Å². The number of methoxy groups -OCH3 is 1. The number of nitrogens with zero attached hydrogens (tertiary/aromatic N) is 1. The van der Waals surface area contributed by atoms with E-state index in [0.29, 0.717) is 15.8 Å². The van der Waals surface area contributed by atoms with Crippen LogP contribution in [0.5, 0.6) is 0 Å². The minimum atomic E-state index is -1.27. The van der Waals surface area contributed by atoms with E-state index in [-0.39, 0.29) is 0 Å². The van der Waals surface area contributed by atoms with Crippen molar-refractivity contribution in [1.82, 2.24) is 9.55 Å². The first-order valence-electron chi connectivity index (χ1n) is 8.96. The molecule has 1 aliphatic rings. The van der Waals surface area contributed by atoms with Crippen LogP contribution in [0.3, 0.4) is 0 Å². The molecule has 28 heavy (non-hydrogen) atoms. The number of esters is 1. The second kappa shape index (κ2) is 7.20. The molecule has 1 N–H and O–H groups in total. The molecule has 0 radical (unpaired) electrons. The van der Waals surface area contributed by atoms with Crippen molar-refractivity contribution < 1.29 is 14.3 Å². The molecule has 1 aliphatic carbocycles. The predicted molar refractivity (Wildman–Crippen MR) is 105 cm³/mol. The van der Waals surface area contributed by atoms with E-state index in [1.54, 1.807) is 30.3 Å². The highest BCUT2D eigenvalue weighted by Crippen LogP contribution is 2.34. The Bertz CT molecular complexity index is 1190. The molecule has 0 fully saturated rings. The van der Waals surface area contributed by atoms with Crippen molar-refractivity contribution in [2.24, 2.45) is 0 Å². The second-order valence-corrected chi connectivity index (χ2v) is 7.80. The zero-order chi connectivity index (χ0) is 19.8.